The number of rotatable bonds is 4. The molecule has 0 radical (unpaired) electrons. The van der Waals surface area contributed by atoms with Crippen LogP contribution in [0.15, 0.2) is 35.2 Å². The fourth-order valence-corrected chi connectivity index (χ4v) is 2.78. The van der Waals surface area contributed by atoms with E-state index in [0.717, 1.165) is 19.4 Å². The molecule has 0 saturated carbocycles. The predicted octanol–water partition coefficient (Wildman–Crippen LogP) is 1.82. The molecule has 0 spiro atoms. The Bertz CT molecular complexity index is 435. The second-order valence-corrected chi connectivity index (χ2v) is 5.75. The molecule has 1 fully saturated rings. The van der Waals surface area contributed by atoms with Gasteiger partial charge in [0.1, 0.15) is 0 Å². The van der Waals surface area contributed by atoms with Gasteiger partial charge in [-0.25, -0.2) is 0 Å². The highest BCUT2D eigenvalue weighted by molar-refractivity contribution is 7.86. The summed E-state index contributed by atoms with van der Waals surface area (Å²) in [6.45, 7) is 1.56. The van der Waals surface area contributed by atoms with Gasteiger partial charge in [-0.05, 0) is 25.0 Å². The number of hydrogen-bond acceptors (Lipinski definition) is 4. The van der Waals surface area contributed by atoms with Crippen LogP contribution in [-0.2, 0) is 19.0 Å². The maximum atomic E-state index is 11.8. The highest BCUT2D eigenvalue weighted by atomic mass is 32.2. The van der Waals surface area contributed by atoms with Crippen molar-refractivity contribution in [3.8, 4) is 0 Å². The molecule has 1 aliphatic rings. The molecule has 0 bridgehead atoms. The van der Waals surface area contributed by atoms with E-state index in [4.69, 9.17) is 8.92 Å². The van der Waals surface area contributed by atoms with Gasteiger partial charge < -0.3 is 4.74 Å². The second-order valence-electron chi connectivity index (χ2n) is 4.13. The van der Waals surface area contributed by atoms with E-state index in [9.17, 15) is 8.42 Å². The van der Waals surface area contributed by atoms with Crippen molar-refractivity contribution in [2.45, 2.75) is 17.7 Å². The summed E-state index contributed by atoms with van der Waals surface area (Å²) in [5.74, 6) is 0.183. The Morgan fingerprint density at radius 3 is 2.71 bits per heavy atom. The van der Waals surface area contributed by atoms with Crippen molar-refractivity contribution in [3.05, 3.63) is 30.3 Å². The number of ether oxygens (including phenoxy) is 1. The zero-order valence-corrected chi connectivity index (χ0v) is 10.4. The Morgan fingerprint density at radius 1 is 1.29 bits per heavy atom. The zero-order valence-electron chi connectivity index (χ0n) is 9.54. The molecule has 1 unspecified atom stereocenters. The topological polar surface area (TPSA) is 52.6 Å². The van der Waals surface area contributed by atoms with Gasteiger partial charge in [0.15, 0.2) is 0 Å². The predicted molar refractivity (Wildman–Crippen MR) is 63.1 cm³/mol. The molecule has 1 heterocycles. The minimum absolute atomic E-state index is 0.183. The number of benzene rings is 1. The van der Waals surface area contributed by atoms with Crippen LogP contribution in [0.3, 0.4) is 0 Å². The standard InChI is InChI=1S/C12H16O4S/c13-17(14,12-6-2-1-3-7-12)16-10-11-5-4-8-15-9-11/h1-3,6-7,11H,4-5,8-10H2. The first kappa shape index (κ1) is 12.5. The normalized spacial score (nSPS) is 21.3. The van der Waals surface area contributed by atoms with Crippen molar-refractivity contribution < 1.29 is 17.3 Å². The van der Waals surface area contributed by atoms with Crippen LogP contribution in [-0.4, -0.2) is 28.2 Å². The Kier molecular flexibility index (Phi) is 4.15. The summed E-state index contributed by atoms with van der Waals surface area (Å²) >= 11 is 0. The van der Waals surface area contributed by atoms with Gasteiger partial charge in [0.25, 0.3) is 10.1 Å². The lowest BCUT2D eigenvalue weighted by Gasteiger charge is -2.21. The van der Waals surface area contributed by atoms with Crippen LogP contribution < -0.4 is 0 Å². The minimum atomic E-state index is -3.62. The van der Waals surface area contributed by atoms with Gasteiger partial charge in [-0.1, -0.05) is 18.2 Å². The molecule has 0 aliphatic carbocycles. The maximum Gasteiger partial charge on any atom is 0.296 e. The first-order valence-electron chi connectivity index (χ1n) is 5.71. The highest BCUT2D eigenvalue weighted by Gasteiger charge is 2.20. The van der Waals surface area contributed by atoms with Crippen LogP contribution in [0.2, 0.25) is 0 Å². The molecule has 94 valence electrons. The van der Waals surface area contributed by atoms with E-state index in [1.807, 2.05) is 0 Å². The maximum absolute atomic E-state index is 11.8. The van der Waals surface area contributed by atoms with Crippen molar-refractivity contribution in [2.75, 3.05) is 19.8 Å². The SMILES string of the molecule is O=S(=O)(OCC1CCCOC1)c1ccccc1. The molecule has 17 heavy (non-hydrogen) atoms. The zero-order chi connectivity index (χ0) is 12.1. The van der Waals surface area contributed by atoms with Crippen molar-refractivity contribution in [1.82, 2.24) is 0 Å². The summed E-state index contributed by atoms with van der Waals surface area (Å²) in [6.07, 6.45) is 1.93. The highest BCUT2D eigenvalue weighted by Crippen LogP contribution is 2.17. The smallest absolute Gasteiger partial charge is 0.296 e. The molecule has 0 N–H and O–H groups in total. The van der Waals surface area contributed by atoms with Gasteiger partial charge in [-0.3, -0.25) is 4.18 Å². The molecule has 1 aromatic carbocycles. The van der Waals surface area contributed by atoms with Crippen molar-refractivity contribution in [1.29, 1.82) is 0 Å². The van der Waals surface area contributed by atoms with Crippen LogP contribution in [0.4, 0.5) is 0 Å². The molecule has 0 amide bonds. The fourth-order valence-electron chi connectivity index (χ4n) is 1.78. The third-order valence-electron chi connectivity index (χ3n) is 2.75. The average Bonchev–Trinajstić information content (AvgIpc) is 2.39. The van der Waals surface area contributed by atoms with Gasteiger partial charge in [0.2, 0.25) is 0 Å². The molecule has 0 aromatic heterocycles. The first-order chi connectivity index (χ1) is 8.18. The van der Waals surface area contributed by atoms with Crippen LogP contribution in [0.5, 0.6) is 0 Å². The largest absolute Gasteiger partial charge is 0.381 e. The average molecular weight is 256 g/mol. The third kappa shape index (κ3) is 3.52. The van der Waals surface area contributed by atoms with E-state index in [-0.39, 0.29) is 17.4 Å². The Hall–Kier alpha value is -0.910. The fraction of sp³-hybridized carbons (Fsp3) is 0.500. The minimum Gasteiger partial charge on any atom is -0.381 e. The van der Waals surface area contributed by atoms with Gasteiger partial charge in [0, 0.05) is 12.5 Å². The molecule has 1 aliphatic heterocycles. The van der Waals surface area contributed by atoms with Crippen LogP contribution >= 0.6 is 0 Å². The molecule has 1 saturated heterocycles. The van der Waals surface area contributed by atoms with Crippen LogP contribution in [0, 0.1) is 5.92 Å². The van der Waals surface area contributed by atoms with Crippen molar-refractivity contribution >= 4 is 10.1 Å². The van der Waals surface area contributed by atoms with Crippen molar-refractivity contribution in [3.63, 3.8) is 0 Å². The molecule has 5 heteroatoms. The van der Waals surface area contributed by atoms with E-state index >= 15 is 0 Å². The van der Waals surface area contributed by atoms with Gasteiger partial charge >= 0.3 is 0 Å². The lowest BCUT2D eigenvalue weighted by molar-refractivity contribution is 0.0363. The van der Waals surface area contributed by atoms with E-state index in [2.05, 4.69) is 0 Å². The van der Waals surface area contributed by atoms with E-state index in [1.54, 1.807) is 18.2 Å². The number of hydrogen-bond donors (Lipinski definition) is 0. The summed E-state index contributed by atoms with van der Waals surface area (Å²) < 4.78 is 33.9. The summed E-state index contributed by atoms with van der Waals surface area (Å²) in [4.78, 5) is 0.205. The monoisotopic (exact) mass is 256 g/mol. The van der Waals surface area contributed by atoms with Crippen LogP contribution in [0.25, 0.3) is 0 Å². The van der Waals surface area contributed by atoms with E-state index in [0.29, 0.717) is 6.61 Å². The first-order valence-corrected chi connectivity index (χ1v) is 7.11. The second kappa shape index (κ2) is 5.62. The Morgan fingerprint density at radius 2 is 2.06 bits per heavy atom. The van der Waals surface area contributed by atoms with Gasteiger partial charge in [-0.2, -0.15) is 8.42 Å². The molecule has 2 rings (SSSR count). The summed E-state index contributed by atoms with van der Waals surface area (Å²) in [6, 6.07) is 8.20. The van der Waals surface area contributed by atoms with E-state index in [1.165, 1.54) is 12.1 Å². The third-order valence-corrected chi connectivity index (χ3v) is 4.04. The molecular formula is C12H16O4S. The lowest BCUT2D eigenvalue weighted by atomic mass is 10.0. The van der Waals surface area contributed by atoms with Crippen molar-refractivity contribution in [2.24, 2.45) is 5.92 Å². The summed E-state index contributed by atoms with van der Waals surface area (Å²) in [5.41, 5.74) is 0. The van der Waals surface area contributed by atoms with Gasteiger partial charge in [-0.15, -0.1) is 0 Å². The molecule has 4 nitrogen and oxygen atoms in total. The molecule has 1 aromatic rings. The summed E-state index contributed by atoms with van der Waals surface area (Å²) in [7, 11) is -3.62. The lowest BCUT2D eigenvalue weighted by Crippen LogP contribution is -2.23. The molecular weight excluding hydrogens is 240 g/mol. The Balaban J connectivity index is 1.94. The quantitative estimate of drug-likeness (QED) is 0.771. The molecule has 1 atom stereocenters. The van der Waals surface area contributed by atoms with Gasteiger partial charge in [0.05, 0.1) is 18.1 Å². The Labute approximate surface area is 102 Å². The summed E-state index contributed by atoms with van der Waals surface area (Å²) in [5, 5.41) is 0. The van der Waals surface area contributed by atoms with Crippen LogP contribution in [0.1, 0.15) is 12.8 Å². The van der Waals surface area contributed by atoms with E-state index < -0.39 is 10.1 Å².